The largest absolute Gasteiger partial charge is 0.280 e. The molecule has 2 rings (SSSR count). The molecule has 0 spiro atoms. The first-order valence-corrected chi connectivity index (χ1v) is 9.36. The molecule has 6 nitrogen and oxygen atoms in total. The number of sulfonamides is 2. The Hall–Kier alpha value is -1.90. The SMILES string of the molecule is Cc1ccc(NS(=O)(=O)c2ccccc2S(N)(=O)=O)cc1C. The van der Waals surface area contributed by atoms with Gasteiger partial charge in [-0.25, -0.2) is 22.0 Å². The Morgan fingerprint density at radius 1 is 0.864 bits per heavy atom. The predicted molar refractivity (Wildman–Crippen MR) is 84.5 cm³/mol. The number of anilines is 1. The number of nitrogens with two attached hydrogens (primary N) is 1. The summed E-state index contributed by atoms with van der Waals surface area (Å²) in [5, 5.41) is 5.07. The maximum Gasteiger partial charge on any atom is 0.263 e. The number of rotatable bonds is 4. The van der Waals surface area contributed by atoms with Gasteiger partial charge in [-0.15, -0.1) is 0 Å². The molecular formula is C14H16N2O4S2. The van der Waals surface area contributed by atoms with Gasteiger partial charge in [-0.05, 0) is 49.2 Å². The Balaban J connectivity index is 2.50. The first kappa shape index (κ1) is 16.5. The third kappa shape index (κ3) is 3.46. The fourth-order valence-electron chi connectivity index (χ4n) is 1.92. The summed E-state index contributed by atoms with van der Waals surface area (Å²) < 4.78 is 50.3. The van der Waals surface area contributed by atoms with E-state index in [1.54, 1.807) is 18.2 Å². The lowest BCUT2D eigenvalue weighted by molar-refractivity contribution is 0.586. The smallest absolute Gasteiger partial charge is 0.263 e. The van der Waals surface area contributed by atoms with Crippen LogP contribution in [0.1, 0.15) is 11.1 Å². The van der Waals surface area contributed by atoms with Crippen LogP contribution in [0.15, 0.2) is 52.3 Å². The first-order valence-electron chi connectivity index (χ1n) is 6.33. The molecule has 0 aliphatic heterocycles. The van der Waals surface area contributed by atoms with Gasteiger partial charge in [-0.1, -0.05) is 18.2 Å². The summed E-state index contributed by atoms with van der Waals surface area (Å²) >= 11 is 0. The van der Waals surface area contributed by atoms with Crippen LogP contribution in [0, 0.1) is 13.8 Å². The highest BCUT2D eigenvalue weighted by atomic mass is 32.2. The Kier molecular flexibility index (Phi) is 4.28. The summed E-state index contributed by atoms with van der Waals surface area (Å²) in [7, 11) is -8.21. The van der Waals surface area contributed by atoms with Crippen molar-refractivity contribution in [2.75, 3.05) is 4.72 Å². The van der Waals surface area contributed by atoms with Gasteiger partial charge in [0.15, 0.2) is 0 Å². The van der Waals surface area contributed by atoms with E-state index in [1.165, 1.54) is 18.2 Å². The molecule has 0 atom stereocenters. The van der Waals surface area contributed by atoms with Crippen LogP contribution in [-0.2, 0) is 20.0 Å². The van der Waals surface area contributed by atoms with Crippen molar-refractivity contribution in [3.63, 3.8) is 0 Å². The van der Waals surface area contributed by atoms with Crippen LogP contribution < -0.4 is 9.86 Å². The second kappa shape index (κ2) is 5.71. The summed E-state index contributed by atoms with van der Waals surface area (Å²) in [5.74, 6) is 0. The lowest BCUT2D eigenvalue weighted by Crippen LogP contribution is -2.20. The number of nitrogens with one attached hydrogen (secondary N) is 1. The number of benzene rings is 2. The molecule has 0 aromatic heterocycles. The zero-order valence-electron chi connectivity index (χ0n) is 12.1. The monoisotopic (exact) mass is 340 g/mol. The number of aryl methyl sites for hydroxylation is 2. The van der Waals surface area contributed by atoms with Crippen LogP contribution in [-0.4, -0.2) is 16.8 Å². The molecule has 22 heavy (non-hydrogen) atoms. The number of hydrogen-bond donors (Lipinski definition) is 2. The summed E-state index contributed by atoms with van der Waals surface area (Å²) in [6.07, 6.45) is 0. The van der Waals surface area contributed by atoms with E-state index in [9.17, 15) is 16.8 Å². The predicted octanol–water partition coefficient (Wildman–Crippen LogP) is 1.75. The van der Waals surface area contributed by atoms with Crippen molar-refractivity contribution in [3.8, 4) is 0 Å². The van der Waals surface area contributed by atoms with Crippen molar-refractivity contribution in [1.82, 2.24) is 0 Å². The van der Waals surface area contributed by atoms with Gasteiger partial charge < -0.3 is 0 Å². The highest BCUT2D eigenvalue weighted by molar-refractivity contribution is 7.94. The molecule has 0 fully saturated rings. The van der Waals surface area contributed by atoms with Crippen LogP contribution >= 0.6 is 0 Å². The minimum atomic E-state index is -4.14. The van der Waals surface area contributed by atoms with Gasteiger partial charge in [0.05, 0.1) is 0 Å². The Bertz CT molecular complexity index is 920. The van der Waals surface area contributed by atoms with Gasteiger partial charge in [-0.3, -0.25) is 4.72 Å². The summed E-state index contributed by atoms with van der Waals surface area (Å²) in [6, 6.07) is 10.3. The molecule has 0 aliphatic rings. The molecule has 0 saturated carbocycles. The summed E-state index contributed by atoms with van der Waals surface area (Å²) in [6.45, 7) is 3.76. The van der Waals surface area contributed by atoms with Gasteiger partial charge >= 0.3 is 0 Å². The van der Waals surface area contributed by atoms with E-state index in [0.717, 1.165) is 17.2 Å². The Morgan fingerprint density at radius 2 is 1.45 bits per heavy atom. The van der Waals surface area contributed by atoms with Gasteiger partial charge in [0.2, 0.25) is 10.0 Å². The molecule has 0 aliphatic carbocycles. The van der Waals surface area contributed by atoms with Crippen LogP contribution in [0.5, 0.6) is 0 Å². The first-order chi connectivity index (χ1) is 10.1. The second-order valence-corrected chi connectivity index (χ2v) is 8.08. The minimum Gasteiger partial charge on any atom is -0.280 e. The van der Waals surface area contributed by atoms with Crippen LogP contribution in [0.4, 0.5) is 5.69 Å². The molecule has 118 valence electrons. The molecule has 0 unspecified atom stereocenters. The van der Waals surface area contributed by atoms with Gasteiger partial charge in [0, 0.05) is 5.69 Å². The molecule has 0 amide bonds. The maximum absolute atomic E-state index is 12.4. The average Bonchev–Trinajstić information content (AvgIpc) is 2.42. The molecule has 0 radical (unpaired) electrons. The highest BCUT2D eigenvalue weighted by Gasteiger charge is 2.24. The molecule has 8 heteroatoms. The van der Waals surface area contributed by atoms with E-state index in [2.05, 4.69) is 4.72 Å². The van der Waals surface area contributed by atoms with Gasteiger partial charge in [-0.2, -0.15) is 0 Å². The normalized spacial score (nSPS) is 12.1. The molecule has 2 aromatic carbocycles. The topological polar surface area (TPSA) is 106 Å². The zero-order valence-corrected chi connectivity index (χ0v) is 13.7. The van der Waals surface area contributed by atoms with E-state index in [0.29, 0.717) is 5.69 Å². The van der Waals surface area contributed by atoms with E-state index >= 15 is 0 Å². The van der Waals surface area contributed by atoms with E-state index in [1.807, 2.05) is 13.8 Å². The number of hydrogen-bond acceptors (Lipinski definition) is 4. The third-order valence-electron chi connectivity index (χ3n) is 3.20. The van der Waals surface area contributed by atoms with Crippen LogP contribution in [0.2, 0.25) is 0 Å². The molecule has 3 N–H and O–H groups in total. The van der Waals surface area contributed by atoms with E-state index in [4.69, 9.17) is 5.14 Å². The molecule has 0 heterocycles. The quantitative estimate of drug-likeness (QED) is 0.884. The van der Waals surface area contributed by atoms with Gasteiger partial charge in [0.25, 0.3) is 10.0 Å². The van der Waals surface area contributed by atoms with Crippen LogP contribution in [0.25, 0.3) is 0 Å². The highest BCUT2D eigenvalue weighted by Crippen LogP contribution is 2.23. The lowest BCUT2D eigenvalue weighted by atomic mass is 10.1. The molecular weight excluding hydrogens is 324 g/mol. The average molecular weight is 340 g/mol. The number of primary sulfonamides is 1. The fraction of sp³-hybridized carbons (Fsp3) is 0.143. The summed E-state index contributed by atoms with van der Waals surface area (Å²) in [5.41, 5.74) is 2.29. The van der Waals surface area contributed by atoms with E-state index < -0.39 is 24.9 Å². The Morgan fingerprint density at radius 3 is 2.00 bits per heavy atom. The van der Waals surface area contributed by atoms with Crippen molar-refractivity contribution >= 4 is 25.7 Å². The Labute approximate surface area is 130 Å². The lowest BCUT2D eigenvalue weighted by Gasteiger charge is -2.12. The van der Waals surface area contributed by atoms with E-state index in [-0.39, 0.29) is 4.90 Å². The fourth-order valence-corrected chi connectivity index (χ4v) is 4.35. The molecule has 0 saturated heterocycles. The van der Waals surface area contributed by atoms with Crippen molar-refractivity contribution in [2.45, 2.75) is 23.6 Å². The third-order valence-corrected chi connectivity index (χ3v) is 5.74. The van der Waals surface area contributed by atoms with Crippen molar-refractivity contribution < 1.29 is 16.8 Å². The molecule has 2 aromatic rings. The second-order valence-electron chi connectivity index (χ2n) is 4.90. The van der Waals surface area contributed by atoms with Crippen molar-refractivity contribution in [1.29, 1.82) is 0 Å². The van der Waals surface area contributed by atoms with Gasteiger partial charge in [0.1, 0.15) is 9.79 Å². The standard InChI is InChI=1S/C14H16N2O4S2/c1-10-7-8-12(9-11(10)2)16-22(19,20)14-6-4-3-5-13(14)21(15,17)18/h3-9,16H,1-2H3,(H2,15,17,18). The van der Waals surface area contributed by atoms with Crippen molar-refractivity contribution in [3.05, 3.63) is 53.6 Å². The van der Waals surface area contributed by atoms with Crippen LogP contribution in [0.3, 0.4) is 0 Å². The van der Waals surface area contributed by atoms with Crippen molar-refractivity contribution in [2.24, 2.45) is 5.14 Å². The molecule has 0 bridgehead atoms. The maximum atomic E-state index is 12.4. The summed E-state index contributed by atoms with van der Waals surface area (Å²) in [4.78, 5) is -0.818. The zero-order chi connectivity index (χ0) is 16.5. The minimum absolute atomic E-state index is 0.354.